The summed E-state index contributed by atoms with van der Waals surface area (Å²) in [5.74, 6) is 0.243. The minimum Gasteiger partial charge on any atom is -0.393 e. The lowest BCUT2D eigenvalue weighted by Crippen LogP contribution is -2.30. The monoisotopic (exact) mass is 264 g/mol. The number of nitrogens with zero attached hydrogens (tertiary/aromatic N) is 1. The highest BCUT2D eigenvalue weighted by molar-refractivity contribution is 5.59. The van der Waals surface area contributed by atoms with Crippen molar-refractivity contribution >= 4 is 11.4 Å². The molecule has 1 aromatic carbocycles. The van der Waals surface area contributed by atoms with Gasteiger partial charge in [0.15, 0.2) is 0 Å². The van der Waals surface area contributed by atoms with Crippen molar-refractivity contribution in [1.29, 1.82) is 0 Å². The summed E-state index contributed by atoms with van der Waals surface area (Å²) in [6, 6.07) is 5.04. The van der Waals surface area contributed by atoms with Gasteiger partial charge >= 0.3 is 0 Å². The van der Waals surface area contributed by atoms with Crippen molar-refractivity contribution in [2.45, 2.75) is 38.7 Å². The van der Waals surface area contributed by atoms with Crippen molar-refractivity contribution in [2.75, 3.05) is 11.9 Å². The Hall–Kier alpha value is -1.62. The van der Waals surface area contributed by atoms with Crippen LogP contribution in [0.4, 0.5) is 11.4 Å². The second-order valence-electron chi connectivity index (χ2n) is 5.20. The van der Waals surface area contributed by atoms with E-state index in [1.54, 1.807) is 13.0 Å². The van der Waals surface area contributed by atoms with Crippen molar-refractivity contribution in [1.82, 2.24) is 0 Å². The molecule has 0 heterocycles. The van der Waals surface area contributed by atoms with Gasteiger partial charge in [-0.3, -0.25) is 10.1 Å². The molecule has 2 N–H and O–H groups in total. The van der Waals surface area contributed by atoms with Gasteiger partial charge in [0.05, 0.1) is 11.0 Å². The molecule has 0 aliphatic heterocycles. The number of aliphatic hydroxyl groups is 1. The highest BCUT2D eigenvalue weighted by Crippen LogP contribution is 2.28. The lowest BCUT2D eigenvalue weighted by molar-refractivity contribution is -0.385. The molecule has 0 bridgehead atoms. The van der Waals surface area contributed by atoms with Gasteiger partial charge in [0.2, 0.25) is 0 Å². The van der Waals surface area contributed by atoms with E-state index in [4.69, 9.17) is 0 Å². The number of rotatable bonds is 4. The van der Waals surface area contributed by atoms with E-state index in [2.05, 4.69) is 5.32 Å². The Balaban J connectivity index is 2.03. The van der Waals surface area contributed by atoms with Crippen LogP contribution in [0.15, 0.2) is 18.2 Å². The third-order valence-electron chi connectivity index (χ3n) is 3.93. The molecular weight excluding hydrogens is 244 g/mol. The number of hydrogen-bond donors (Lipinski definition) is 2. The first-order chi connectivity index (χ1) is 9.09. The normalized spacial score (nSPS) is 23.1. The third-order valence-corrected chi connectivity index (χ3v) is 3.93. The van der Waals surface area contributed by atoms with Crippen LogP contribution >= 0.6 is 0 Å². The summed E-state index contributed by atoms with van der Waals surface area (Å²) >= 11 is 0. The van der Waals surface area contributed by atoms with Crippen LogP contribution in [0.3, 0.4) is 0 Å². The Morgan fingerprint density at radius 1 is 1.42 bits per heavy atom. The fourth-order valence-electron chi connectivity index (χ4n) is 2.68. The molecule has 0 spiro atoms. The number of nitro benzene ring substituents is 1. The number of nitrogens with one attached hydrogen (secondary N) is 1. The highest BCUT2D eigenvalue weighted by Gasteiger charge is 2.23. The number of nitro groups is 1. The zero-order valence-electron chi connectivity index (χ0n) is 11.1. The van der Waals surface area contributed by atoms with E-state index in [0.717, 1.165) is 31.4 Å². The second-order valence-corrected chi connectivity index (χ2v) is 5.20. The average Bonchev–Trinajstić information content (AvgIpc) is 2.39. The molecule has 0 radical (unpaired) electrons. The second kappa shape index (κ2) is 6.02. The summed E-state index contributed by atoms with van der Waals surface area (Å²) in [5.41, 5.74) is 1.57. The molecule has 19 heavy (non-hydrogen) atoms. The van der Waals surface area contributed by atoms with Crippen molar-refractivity contribution in [3.63, 3.8) is 0 Å². The van der Waals surface area contributed by atoms with Crippen LogP contribution in [-0.2, 0) is 0 Å². The van der Waals surface area contributed by atoms with Crippen LogP contribution < -0.4 is 5.32 Å². The zero-order valence-corrected chi connectivity index (χ0v) is 11.1. The van der Waals surface area contributed by atoms with Gasteiger partial charge in [-0.25, -0.2) is 0 Å². The molecule has 1 aromatic rings. The van der Waals surface area contributed by atoms with Gasteiger partial charge < -0.3 is 10.4 Å². The van der Waals surface area contributed by atoms with E-state index >= 15 is 0 Å². The minimum absolute atomic E-state index is 0.134. The molecular formula is C14H20N2O3. The summed E-state index contributed by atoms with van der Waals surface area (Å²) in [7, 11) is 0. The standard InChI is InChI=1S/C14H20N2O3/c1-10-12(6-4-7-13(10)16(18)19)15-9-11-5-2-3-8-14(11)17/h4,6-7,11,14-15,17H,2-3,5,8-9H2,1H3. The molecule has 1 aliphatic carbocycles. The number of aliphatic hydroxyl groups excluding tert-OH is 1. The molecule has 1 saturated carbocycles. The van der Waals surface area contributed by atoms with Crippen LogP contribution in [0, 0.1) is 23.0 Å². The summed E-state index contributed by atoms with van der Waals surface area (Å²) in [6.45, 7) is 2.42. The first kappa shape index (κ1) is 13.8. The fraction of sp³-hybridized carbons (Fsp3) is 0.571. The first-order valence-electron chi connectivity index (χ1n) is 6.75. The smallest absolute Gasteiger partial charge is 0.274 e. The van der Waals surface area contributed by atoms with Crippen LogP contribution in [0.25, 0.3) is 0 Å². The summed E-state index contributed by atoms with van der Waals surface area (Å²) < 4.78 is 0. The third kappa shape index (κ3) is 3.23. The molecule has 1 fully saturated rings. The van der Waals surface area contributed by atoms with Crippen LogP contribution in [-0.4, -0.2) is 22.7 Å². The Labute approximate surface area is 112 Å². The topological polar surface area (TPSA) is 75.4 Å². The Morgan fingerprint density at radius 2 is 2.16 bits per heavy atom. The van der Waals surface area contributed by atoms with Crippen molar-refractivity contribution in [3.8, 4) is 0 Å². The van der Waals surface area contributed by atoms with E-state index in [0.29, 0.717) is 12.1 Å². The lowest BCUT2D eigenvalue weighted by Gasteiger charge is -2.28. The fourth-order valence-corrected chi connectivity index (χ4v) is 2.68. The molecule has 0 amide bonds. The maximum Gasteiger partial charge on any atom is 0.274 e. The molecule has 5 heteroatoms. The average molecular weight is 264 g/mol. The molecule has 1 aliphatic rings. The molecule has 0 aromatic heterocycles. The van der Waals surface area contributed by atoms with Gasteiger partial charge in [0, 0.05) is 29.8 Å². The molecule has 5 nitrogen and oxygen atoms in total. The minimum atomic E-state index is -0.365. The molecule has 2 rings (SSSR count). The molecule has 104 valence electrons. The Morgan fingerprint density at radius 3 is 2.84 bits per heavy atom. The number of hydrogen-bond acceptors (Lipinski definition) is 4. The van der Waals surface area contributed by atoms with Crippen LogP contribution in [0.5, 0.6) is 0 Å². The van der Waals surface area contributed by atoms with Crippen molar-refractivity contribution in [2.24, 2.45) is 5.92 Å². The van der Waals surface area contributed by atoms with Gasteiger partial charge in [-0.2, -0.15) is 0 Å². The van der Waals surface area contributed by atoms with Crippen LogP contribution in [0.1, 0.15) is 31.2 Å². The summed E-state index contributed by atoms with van der Waals surface area (Å²) in [4.78, 5) is 10.5. The van der Waals surface area contributed by atoms with Gasteiger partial charge in [-0.15, -0.1) is 0 Å². The quantitative estimate of drug-likeness (QED) is 0.647. The van der Waals surface area contributed by atoms with E-state index in [1.165, 1.54) is 6.07 Å². The summed E-state index contributed by atoms with van der Waals surface area (Å²) in [5, 5.41) is 24.0. The van der Waals surface area contributed by atoms with Gasteiger partial charge in [0.1, 0.15) is 0 Å². The SMILES string of the molecule is Cc1c(NCC2CCCCC2O)cccc1[N+](=O)[O-]. The number of anilines is 1. The van der Waals surface area contributed by atoms with E-state index in [-0.39, 0.29) is 22.6 Å². The van der Waals surface area contributed by atoms with Crippen molar-refractivity contribution in [3.05, 3.63) is 33.9 Å². The van der Waals surface area contributed by atoms with Crippen LogP contribution in [0.2, 0.25) is 0 Å². The first-order valence-corrected chi connectivity index (χ1v) is 6.75. The van der Waals surface area contributed by atoms with Crippen molar-refractivity contribution < 1.29 is 10.0 Å². The van der Waals surface area contributed by atoms with E-state index in [1.807, 2.05) is 6.07 Å². The Kier molecular flexibility index (Phi) is 4.37. The largest absolute Gasteiger partial charge is 0.393 e. The predicted octanol–water partition coefficient (Wildman–Crippen LogP) is 2.87. The highest BCUT2D eigenvalue weighted by atomic mass is 16.6. The lowest BCUT2D eigenvalue weighted by atomic mass is 9.86. The van der Waals surface area contributed by atoms with E-state index in [9.17, 15) is 15.2 Å². The number of benzene rings is 1. The summed E-state index contributed by atoms with van der Waals surface area (Å²) in [6.07, 6.45) is 3.87. The van der Waals surface area contributed by atoms with Gasteiger partial charge in [0.25, 0.3) is 5.69 Å². The zero-order chi connectivity index (χ0) is 13.8. The van der Waals surface area contributed by atoms with E-state index < -0.39 is 0 Å². The predicted molar refractivity (Wildman–Crippen MR) is 74.3 cm³/mol. The maximum atomic E-state index is 10.9. The molecule has 2 unspecified atom stereocenters. The molecule has 2 atom stereocenters. The van der Waals surface area contributed by atoms with Gasteiger partial charge in [-0.1, -0.05) is 18.9 Å². The maximum absolute atomic E-state index is 10.9. The molecule has 0 saturated heterocycles. The Bertz CT molecular complexity index is 462. The van der Waals surface area contributed by atoms with Gasteiger partial charge in [-0.05, 0) is 25.8 Å².